The summed E-state index contributed by atoms with van der Waals surface area (Å²) in [6.45, 7) is 1.16. The summed E-state index contributed by atoms with van der Waals surface area (Å²) >= 11 is 0.533. The average molecular weight is 290 g/mol. The Bertz CT molecular complexity index is 426. The van der Waals surface area contributed by atoms with E-state index in [9.17, 15) is 13.6 Å². The van der Waals surface area contributed by atoms with Crippen LogP contribution < -0.4 is 10.6 Å². The lowest BCUT2D eigenvalue weighted by atomic mass is 10.1. The maximum Gasteiger partial charge on any atom is 0.284 e. The Kier molecular flexibility index (Phi) is 5.21. The Morgan fingerprint density at radius 3 is 3.00 bits per heavy atom. The molecule has 1 fully saturated rings. The van der Waals surface area contributed by atoms with E-state index in [1.807, 2.05) is 0 Å². The van der Waals surface area contributed by atoms with Gasteiger partial charge in [0.2, 0.25) is 5.91 Å². The predicted octanol–water partition coefficient (Wildman–Crippen LogP) is 2.10. The second kappa shape index (κ2) is 6.91. The number of hydrogen-bond acceptors (Lipinski definition) is 4. The maximum absolute atomic E-state index is 12.0. The Labute approximate surface area is 114 Å². The largest absolute Gasteiger partial charge is 0.464 e. The van der Waals surface area contributed by atoms with Gasteiger partial charge in [-0.1, -0.05) is 11.8 Å². The summed E-state index contributed by atoms with van der Waals surface area (Å²) in [7, 11) is 0. The minimum absolute atomic E-state index is 0.00582. The average Bonchev–Trinajstić information content (AvgIpc) is 2.83. The van der Waals surface area contributed by atoms with Crippen LogP contribution in [0.15, 0.2) is 16.5 Å². The number of alkyl halides is 2. The van der Waals surface area contributed by atoms with Gasteiger partial charge in [0.1, 0.15) is 11.5 Å². The fourth-order valence-electron chi connectivity index (χ4n) is 1.93. The third-order valence-electron chi connectivity index (χ3n) is 2.88. The lowest BCUT2D eigenvalue weighted by Gasteiger charge is -2.22. The summed E-state index contributed by atoms with van der Waals surface area (Å²) in [4.78, 5) is 11.5. The molecular weight excluding hydrogens is 274 g/mol. The number of hydrogen-bond donors (Lipinski definition) is 2. The Hall–Kier alpha value is -1.08. The molecule has 1 aliphatic rings. The normalized spacial score (nSPS) is 19.7. The van der Waals surface area contributed by atoms with Crippen molar-refractivity contribution in [2.24, 2.45) is 0 Å². The Morgan fingerprint density at radius 1 is 1.47 bits per heavy atom. The topological polar surface area (TPSA) is 54.3 Å². The van der Waals surface area contributed by atoms with Crippen LogP contribution in [0.2, 0.25) is 0 Å². The van der Waals surface area contributed by atoms with E-state index in [0.29, 0.717) is 29.8 Å². The SMILES string of the molecule is O=C1NCCCC1NCc1ccc(CSC(F)F)o1. The summed E-state index contributed by atoms with van der Waals surface area (Å²) in [6.07, 6.45) is 1.76. The van der Waals surface area contributed by atoms with Crippen LogP contribution in [-0.4, -0.2) is 24.3 Å². The maximum atomic E-state index is 12.0. The van der Waals surface area contributed by atoms with Gasteiger partial charge in [-0.3, -0.25) is 10.1 Å². The highest BCUT2D eigenvalue weighted by atomic mass is 32.2. The van der Waals surface area contributed by atoms with Crippen LogP contribution in [0.5, 0.6) is 0 Å². The van der Waals surface area contributed by atoms with E-state index in [0.717, 1.165) is 19.4 Å². The predicted molar refractivity (Wildman–Crippen MR) is 68.9 cm³/mol. The number of carbonyl (C=O) groups excluding carboxylic acids is 1. The third-order valence-corrected chi connectivity index (χ3v) is 3.58. The van der Waals surface area contributed by atoms with Crippen molar-refractivity contribution in [1.82, 2.24) is 10.6 Å². The number of thioether (sulfide) groups is 1. The summed E-state index contributed by atoms with van der Waals surface area (Å²) in [6, 6.07) is 3.24. The lowest BCUT2D eigenvalue weighted by Crippen LogP contribution is -2.47. The van der Waals surface area contributed by atoms with Crippen molar-refractivity contribution in [2.45, 2.75) is 36.9 Å². The summed E-state index contributed by atoms with van der Waals surface area (Å²) in [5, 5.41) is 5.89. The smallest absolute Gasteiger partial charge is 0.284 e. The third kappa shape index (κ3) is 4.50. The monoisotopic (exact) mass is 290 g/mol. The van der Waals surface area contributed by atoms with Crippen LogP contribution >= 0.6 is 11.8 Å². The highest BCUT2D eigenvalue weighted by Gasteiger charge is 2.21. The molecule has 2 heterocycles. The van der Waals surface area contributed by atoms with E-state index < -0.39 is 5.76 Å². The zero-order valence-corrected chi connectivity index (χ0v) is 11.1. The van der Waals surface area contributed by atoms with Gasteiger partial charge < -0.3 is 9.73 Å². The van der Waals surface area contributed by atoms with E-state index in [-0.39, 0.29) is 17.7 Å². The molecular formula is C12H16F2N2O2S. The molecule has 2 N–H and O–H groups in total. The molecule has 106 valence electrons. The summed E-state index contributed by atoms with van der Waals surface area (Å²) in [5.41, 5.74) is 0. The van der Waals surface area contributed by atoms with Crippen molar-refractivity contribution < 1.29 is 18.0 Å². The van der Waals surface area contributed by atoms with E-state index in [1.165, 1.54) is 0 Å². The number of nitrogens with one attached hydrogen (secondary N) is 2. The molecule has 0 bridgehead atoms. The highest BCUT2D eigenvalue weighted by molar-refractivity contribution is 7.98. The molecule has 0 spiro atoms. The number of piperidine rings is 1. The molecule has 0 radical (unpaired) electrons. The fourth-order valence-corrected chi connectivity index (χ4v) is 2.38. The lowest BCUT2D eigenvalue weighted by molar-refractivity contribution is -0.124. The number of furan rings is 1. The van der Waals surface area contributed by atoms with Gasteiger partial charge in [0.05, 0.1) is 18.3 Å². The molecule has 1 amide bonds. The van der Waals surface area contributed by atoms with Crippen LogP contribution in [0.3, 0.4) is 0 Å². The van der Waals surface area contributed by atoms with Crippen molar-refractivity contribution >= 4 is 17.7 Å². The van der Waals surface area contributed by atoms with Crippen LogP contribution in [0.4, 0.5) is 8.78 Å². The minimum Gasteiger partial charge on any atom is -0.464 e. The highest BCUT2D eigenvalue weighted by Crippen LogP contribution is 2.21. The standard InChI is InChI=1S/C12H16F2N2O2S/c13-12(14)19-7-9-4-3-8(18-9)6-16-10-2-1-5-15-11(10)17/h3-4,10,12,16H,1-2,5-7H2,(H,15,17). The van der Waals surface area contributed by atoms with Crippen LogP contribution in [-0.2, 0) is 17.1 Å². The van der Waals surface area contributed by atoms with Crippen molar-refractivity contribution in [2.75, 3.05) is 6.54 Å². The molecule has 4 nitrogen and oxygen atoms in total. The number of carbonyl (C=O) groups is 1. The van der Waals surface area contributed by atoms with Crippen LogP contribution in [0.1, 0.15) is 24.4 Å². The van der Waals surface area contributed by atoms with Gasteiger partial charge in [-0.05, 0) is 25.0 Å². The number of amides is 1. The van der Waals surface area contributed by atoms with Crippen molar-refractivity contribution in [1.29, 1.82) is 0 Å². The van der Waals surface area contributed by atoms with Crippen LogP contribution in [0, 0.1) is 0 Å². The van der Waals surface area contributed by atoms with Gasteiger partial charge in [0, 0.05) is 6.54 Å². The first kappa shape index (κ1) is 14.3. The molecule has 1 aromatic heterocycles. The minimum atomic E-state index is -2.39. The first-order valence-electron chi connectivity index (χ1n) is 6.13. The summed E-state index contributed by atoms with van der Waals surface area (Å²) < 4.78 is 29.5. The van der Waals surface area contributed by atoms with Gasteiger partial charge in [-0.25, -0.2) is 0 Å². The molecule has 1 saturated heterocycles. The molecule has 1 aromatic rings. The second-order valence-corrected chi connectivity index (χ2v) is 5.28. The molecule has 0 aliphatic carbocycles. The van der Waals surface area contributed by atoms with Gasteiger partial charge in [0.15, 0.2) is 0 Å². The van der Waals surface area contributed by atoms with Crippen molar-refractivity contribution in [3.63, 3.8) is 0 Å². The first-order valence-corrected chi connectivity index (χ1v) is 7.18. The summed E-state index contributed by atoms with van der Waals surface area (Å²) in [5.74, 6) is -1.05. The molecule has 19 heavy (non-hydrogen) atoms. The molecule has 1 unspecified atom stereocenters. The molecule has 0 aromatic carbocycles. The van der Waals surface area contributed by atoms with Crippen molar-refractivity contribution in [3.05, 3.63) is 23.7 Å². The molecule has 1 aliphatic heterocycles. The van der Waals surface area contributed by atoms with Gasteiger partial charge >= 0.3 is 0 Å². The quantitative estimate of drug-likeness (QED) is 0.842. The van der Waals surface area contributed by atoms with E-state index >= 15 is 0 Å². The Morgan fingerprint density at radius 2 is 2.26 bits per heavy atom. The van der Waals surface area contributed by atoms with Crippen molar-refractivity contribution in [3.8, 4) is 0 Å². The zero-order chi connectivity index (χ0) is 13.7. The molecule has 2 rings (SSSR count). The number of rotatable bonds is 6. The number of halogens is 2. The zero-order valence-electron chi connectivity index (χ0n) is 10.3. The van der Waals surface area contributed by atoms with E-state index in [4.69, 9.17) is 4.42 Å². The van der Waals surface area contributed by atoms with Gasteiger partial charge in [-0.15, -0.1) is 0 Å². The van der Waals surface area contributed by atoms with E-state index in [1.54, 1.807) is 12.1 Å². The van der Waals surface area contributed by atoms with E-state index in [2.05, 4.69) is 10.6 Å². The molecule has 0 saturated carbocycles. The molecule has 7 heteroatoms. The van der Waals surface area contributed by atoms with Gasteiger partial charge in [-0.2, -0.15) is 8.78 Å². The van der Waals surface area contributed by atoms with Crippen LogP contribution in [0.25, 0.3) is 0 Å². The Balaban J connectivity index is 1.78. The van der Waals surface area contributed by atoms with Gasteiger partial charge in [0.25, 0.3) is 5.76 Å². The first-order chi connectivity index (χ1) is 9.15. The fraction of sp³-hybridized carbons (Fsp3) is 0.583. The molecule has 1 atom stereocenters. The second-order valence-electron chi connectivity index (χ2n) is 4.31.